The van der Waals surface area contributed by atoms with Crippen LogP contribution < -0.4 is 5.73 Å². The molecule has 0 aliphatic rings. The molecule has 0 amide bonds. The van der Waals surface area contributed by atoms with Crippen LogP contribution in [0.25, 0.3) is 0 Å². The topological polar surface area (TPSA) is 80.4 Å². The van der Waals surface area contributed by atoms with Gasteiger partial charge in [0.1, 0.15) is 0 Å². The van der Waals surface area contributed by atoms with E-state index in [2.05, 4.69) is 19.1 Å². The van der Waals surface area contributed by atoms with Crippen LogP contribution in [0.1, 0.15) is 103 Å². The zero-order valence-electron chi connectivity index (χ0n) is 18.1. The Balaban J connectivity index is 0. The molecule has 158 valence electrons. The van der Waals surface area contributed by atoms with Crippen molar-refractivity contribution in [2.24, 2.45) is 5.73 Å². The molecule has 0 saturated carbocycles. The molecule has 0 aliphatic heterocycles. The standard InChI is InChI=1S/C19H37.C2H7NO3S.Na/c1-3-5-7-9-11-13-15-17-19-18-16-14-12-10-8-6-4-2;3-1-2-7(4,5)6;/h17,19H,1,3-16,18H2,2H3;1-3H2,(H,4,5,6);/b19-17-;;. The van der Waals surface area contributed by atoms with Crippen molar-refractivity contribution >= 4 is 38.0 Å². The Bertz CT molecular complexity index is 380. The Hall–Kier alpha value is 0.610. The molecule has 0 rings (SSSR count). The fraction of sp³-hybridized carbons (Fsp3) is 0.905. The van der Waals surface area contributed by atoms with Gasteiger partial charge in [0.05, 0.1) is 5.75 Å². The maximum absolute atomic E-state index is 9.71. The number of hydrogen-bond acceptors (Lipinski definition) is 3. The van der Waals surface area contributed by atoms with E-state index >= 15 is 0 Å². The molecule has 0 aromatic carbocycles. The monoisotopic (exact) mass is 413 g/mol. The summed E-state index contributed by atoms with van der Waals surface area (Å²) in [6.07, 6.45) is 26.3. The van der Waals surface area contributed by atoms with Gasteiger partial charge in [-0.25, -0.2) is 0 Å². The zero-order valence-corrected chi connectivity index (χ0v) is 20.9. The first kappa shape index (κ1) is 29.8. The summed E-state index contributed by atoms with van der Waals surface area (Å²) in [5.74, 6) is -0.354. The smallest absolute Gasteiger partial charge is 0.266 e. The van der Waals surface area contributed by atoms with Gasteiger partial charge in [-0.3, -0.25) is 4.55 Å². The van der Waals surface area contributed by atoms with E-state index in [4.69, 9.17) is 10.3 Å². The Labute approximate surface area is 187 Å². The quantitative estimate of drug-likeness (QED) is 0.128. The van der Waals surface area contributed by atoms with Gasteiger partial charge in [-0.1, -0.05) is 45.4 Å². The third-order valence-electron chi connectivity index (χ3n) is 4.49. The maximum atomic E-state index is 9.71. The minimum absolute atomic E-state index is 0.0289. The second kappa shape index (κ2) is 24.6. The van der Waals surface area contributed by atoms with Crippen molar-refractivity contribution in [3.63, 3.8) is 0 Å². The fourth-order valence-electron chi connectivity index (χ4n) is 2.82. The van der Waals surface area contributed by atoms with Crippen molar-refractivity contribution in [3.05, 3.63) is 12.2 Å². The van der Waals surface area contributed by atoms with Crippen molar-refractivity contribution in [3.8, 4) is 0 Å². The molecular weight excluding hydrogens is 369 g/mol. The molecule has 0 fully saturated rings. The molecule has 0 bridgehead atoms. The first-order chi connectivity index (χ1) is 13.0. The zero-order chi connectivity index (χ0) is 20.6. The van der Waals surface area contributed by atoms with Crippen molar-refractivity contribution in [2.75, 3.05) is 12.3 Å². The number of hydrogen-bond donors (Lipinski definition) is 2. The molecule has 0 saturated heterocycles. The third-order valence-corrected chi connectivity index (χ3v) is 5.95. The minimum atomic E-state index is -3.80. The molecule has 0 atom stereocenters. The van der Waals surface area contributed by atoms with Gasteiger partial charge in [0.2, 0.25) is 0 Å². The van der Waals surface area contributed by atoms with Gasteiger partial charge in [-0.15, -0.1) is 0 Å². The van der Waals surface area contributed by atoms with Gasteiger partial charge in [-0.05, 0) is 0 Å². The van der Waals surface area contributed by atoms with Crippen molar-refractivity contribution in [1.82, 2.24) is 0 Å². The van der Waals surface area contributed by atoms with E-state index in [0.717, 1.165) is 0 Å². The Kier molecular flexibility index (Phi) is 27.2. The Morgan fingerprint density at radius 1 is 0.778 bits per heavy atom. The fourth-order valence-corrected chi connectivity index (χ4v) is 3.62. The van der Waals surface area contributed by atoms with Crippen LogP contribution in [-0.4, -0.2) is 53.2 Å². The molecule has 0 radical (unpaired) electrons. The van der Waals surface area contributed by atoms with Crippen molar-refractivity contribution in [2.45, 2.75) is 107 Å². The molecular formula is C21H44NNaO3S. The van der Waals surface area contributed by atoms with E-state index in [-0.39, 0.29) is 12.3 Å². The summed E-state index contributed by atoms with van der Waals surface area (Å²) in [6.45, 7) is 2.26. The molecule has 0 aromatic heterocycles. The van der Waals surface area contributed by atoms with E-state index in [1.54, 1.807) is 0 Å². The van der Waals surface area contributed by atoms with E-state index in [1.807, 2.05) is 0 Å². The van der Waals surface area contributed by atoms with Crippen LogP contribution in [0.4, 0.5) is 0 Å². The average Bonchev–Trinajstić information content (AvgIpc) is 2.61. The predicted octanol–water partition coefficient (Wildman–Crippen LogP) is 5.83. The first-order valence-electron chi connectivity index (χ1n) is 11.3. The SMILES string of the molecule is CCCCCCCCC/C=C\CCCCCCC[CH2][Na].NCCS(=O)(=O)O. The van der Waals surface area contributed by atoms with Crippen LogP contribution in [0.15, 0.2) is 12.2 Å². The van der Waals surface area contributed by atoms with Gasteiger partial charge >= 0.3 is 102 Å². The third kappa shape index (κ3) is 34.5. The van der Waals surface area contributed by atoms with Gasteiger partial charge in [0.15, 0.2) is 0 Å². The number of allylic oxidation sites excluding steroid dienone is 2. The molecule has 0 aromatic rings. The van der Waals surface area contributed by atoms with Gasteiger partial charge in [0, 0.05) is 6.54 Å². The molecule has 0 aliphatic carbocycles. The average molecular weight is 414 g/mol. The summed E-state index contributed by atoms with van der Waals surface area (Å²) in [6, 6.07) is 0. The van der Waals surface area contributed by atoms with Crippen LogP contribution in [0.3, 0.4) is 0 Å². The number of nitrogens with two attached hydrogens (primary N) is 1. The largest absolute Gasteiger partial charge is 0.329 e. The molecule has 6 heteroatoms. The van der Waals surface area contributed by atoms with Crippen molar-refractivity contribution < 1.29 is 13.0 Å². The molecule has 0 spiro atoms. The Morgan fingerprint density at radius 3 is 1.52 bits per heavy atom. The van der Waals surface area contributed by atoms with Gasteiger partial charge < -0.3 is 5.73 Å². The van der Waals surface area contributed by atoms with E-state index in [1.165, 1.54) is 128 Å². The first-order valence-corrected chi connectivity index (χ1v) is 14.3. The number of rotatable bonds is 18. The summed E-state index contributed by atoms with van der Waals surface area (Å²) in [5.41, 5.74) is 4.78. The molecule has 3 N–H and O–H groups in total. The van der Waals surface area contributed by atoms with Crippen LogP contribution in [-0.2, 0) is 10.1 Å². The second-order valence-electron chi connectivity index (χ2n) is 7.37. The predicted molar refractivity (Wildman–Crippen MR) is 120 cm³/mol. The van der Waals surface area contributed by atoms with Crippen molar-refractivity contribution in [1.29, 1.82) is 0 Å². The molecule has 0 unspecified atom stereocenters. The summed E-state index contributed by atoms with van der Waals surface area (Å²) >= 11 is 1.40. The van der Waals surface area contributed by atoms with Crippen LogP contribution >= 0.6 is 0 Å². The van der Waals surface area contributed by atoms with E-state index in [0.29, 0.717) is 0 Å². The summed E-state index contributed by atoms with van der Waals surface area (Å²) in [7, 11) is -3.80. The van der Waals surface area contributed by atoms with E-state index < -0.39 is 10.1 Å². The summed E-state index contributed by atoms with van der Waals surface area (Å²) < 4.78 is 28.8. The normalized spacial score (nSPS) is 11.6. The van der Waals surface area contributed by atoms with Gasteiger partial charge in [0.25, 0.3) is 10.1 Å². The van der Waals surface area contributed by atoms with Crippen LogP contribution in [0, 0.1) is 0 Å². The molecule has 4 nitrogen and oxygen atoms in total. The molecule has 0 heterocycles. The molecule has 27 heavy (non-hydrogen) atoms. The van der Waals surface area contributed by atoms with Crippen LogP contribution in [0.2, 0.25) is 3.67 Å². The second-order valence-corrected chi connectivity index (χ2v) is 9.94. The maximum Gasteiger partial charge on any atom is 0.266 e. The van der Waals surface area contributed by atoms with Gasteiger partial charge in [-0.2, -0.15) is 8.42 Å². The summed E-state index contributed by atoms with van der Waals surface area (Å²) in [4.78, 5) is 0. The number of unbranched alkanes of at least 4 members (excludes halogenated alkanes) is 13. The minimum Gasteiger partial charge on any atom is -0.329 e. The Morgan fingerprint density at radius 2 is 1.19 bits per heavy atom. The van der Waals surface area contributed by atoms with E-state index in [9.17, 15) is 8.42 Å². The van der Waals surface area contributed by atoms with Crippen LogP contribution in [0.5, 0.6) is 0 Å². The summed E-state index contributed by atoms with van der Waals surface area (Å²) in [5, 5.41) is 0.